The number of hydrogen-bond donors (Lipinski definition) is 0. The summed E-state index contributed by atoms with van der Waals surface area (Å²) in [7, 11) is -3.36. The lowest BCUT2D eigenvalue weighted by Gasteiger charge is -2.30. The molecule has 24 heavy (non-hydrogen) atoms. The second-order valence-corrected chi connectivity index (χ2v) is 8.16. The molecule has 132 valence electrons. The maximum atomic E-state index is 12.3. The molecule has 8 nitrogen and oxygen atoms in total. The molecular formula is C15H22N4O4S. The first kappa shape index (κ1) is 18.2. The molecule has 1 aromatic heterocycles. The number of carbonyl (C=O) groups is 1. The third-order valence-corrected chi connectivity index (χ3v) is 4.64. The van der Waals surface area contributed by atoms with Gasteiger partial charge >= 0.3 is 0 Å². The van der Waals surface area contributed by atoms with Gasteiger partial charge in [0.25, 0.3) is 5.91 Å². The lowest BCUT2D eigenvalue weighted by molar-refractivity contribution is -0.140. The van der Waals surface area contributed by atoms with Crippen LogP contribution in [-0.4, -0.2) is 59.3 Å². The topological polar surface area (TPSA) is 94.4 Å². The number of nitrogens with zero attached hydrogens (tertiary/aromatic N) is 4. The SMILES string of the molecule is CC(C)N(C(=O)COn1nnc2ccc(S(C)(=O)=O)cc21)C(C)C. The van der Waals surface area contributed by atoms with Crippen molar-refractivity contribution in [3.8, 4) is 0 Å². The maximum absolute atomic E-state index is 12.3. The van der Waals surface area contributed by atoms with Crippen LogP contribution in [0, 0.1) is 0 Å². The normalized spacial score (nSPS) is 12.1. The van der Waals surface area contributed by atoms with Gasteiger partial charge in [0.1, 0.15) is 11.0 Å². The fourth-order valence-corrected chi connectivity index (χ4v) is 3.21. The summed E-state index contributed by atoms with van der Waals surface area (Å²) in [5.74, 6) is -0.178. The lowest BCUT2D eigenvalue weighted by Crippen LogP contribution is -2.45. The van der Waals surface area contributed by atoms with E-state index in [4.69, 9.17) is 4.84 Å². The zero-order valence-electron chi connectivity index (χ0n) is 14.4. The Morgan fingerprint density at radius 2 is 1.88 bits per heavy atom. The van der Waals surface area contributed by atoms with Gasteiger partial charge < -0.3 is 9.74 Å². The van der Waals surface area contributed by atoms with Crippen LogP contribution in [0.3, 0.4) is 0 Å². The van der Waals surface area contributed by atoms with E-state index in [9.17, 15) is 13.2 Å². The van der Waals surface area contributed by atoms with Crippen molar-refractivity contribution >= 4 is 26.8 Å². The molecular weight excluding hydrogens is 332 g/mol. The van der Waals surface area contributed by atoms with Crippen molar-refractivity contribution in [2.75, 3.05) is 12.9 Å². The van der Waals surface area contributed by atoms with Crippen molar-refractivity contribution < 1.29 is 18.0 Å². The van der Waals surface area contributed by atoms with Gasteiger partial charge in [-0.1, -0.05) is 4.85 Å². The van der Waals surface area contributed by atoms with Gasteiger partial charge in [0, 0.05) is 18.3 Å². The number of sulfone groups is 1. The summed E-state index contributed by atoms with van der Waals surface area (Å²) in [5, 5.41) is 7.72. The van der Waals surface area contributed by atoms with Crippen molar-refractivity contribution in [3.63, 3.8) is 0 Å². The average Bonchev–Trinajstić information content (AvgIpc) is 2.85. The molecule has 1 aromatic carbocycles. The first-order valence-electron chi connectivity index (χ1n) is 7.61. The standard InChI is InChI=1S/C15H22N4O4S/c1-10(2)18(11(3)4)15(20)9-23-19-14-8-12(24(5,21)22)6-7-13(14)16-17-19/h6-8,10-11H,9H2,1-5H3. The van der Waals surface area contributed by atoms with Crippen LogP contribution in [0.25, 0.3) is 11.0 Å². The number of carbonyl (C=O) groups excluding carboxylic acids is 1. The van der Waals surface area contributed by atoms with Crippen LogP contribution in [0.5, 0.6) is 0 Å². The smallest absolute Gasteiger partial charge is 0.263 e. The molecule has 0 atom stereocenters. The van der Waals surface area contributed by atoms with E-state index in [0.717, 1.165) is 11.1 Å². The molecule has 9 heteroatoms. The molecule has 0 saturated carbocycles. The second-order valence-electron chi connectivity index (χ2n) is 6.15. The van der Waals surface area contributed by atoms with E-state index >= 15 is 0 Å². The Kier molecular flexibility index (Phi) is 5.12. The highest BCUT2D eigenvalue weighted by Gasteiger charge is 2.21. The van der Waals surface area contributed by atoms with Gasteiger partial charge in [-0.05, 0) is 51.1 Å². The number of rotatable bonds is 6. The maximum Gasteiger partial charge on any atom is 0.263 e. The molecule has 0 bridgehead atoms. The van der Waals surface area contributed by atoms with E-state index < -0.39 is 9.84 Å². The predicted octanol–water partition coefficient (Wildman–Crippen LogP) is 0.909. The van der Waals surface area contributed by atoms with Gasteiger partial charge in [-0.25, -0.2) is 8.42 Å². The molecule has 0 aliphatic carbocycles. The summed E-state index contributed by atoms with van der Waals surface area (Å²) in [6.07, 6.45) is 1.12. The molecule has 0 spiro atoms. The predicted molar refractivity (Wildman–Crippen MR) is 89.2 cm³/mol. The summed E-state index contributed by atoms with van der Waals surface area (Å²) >= 11 is 0. The minimum atomic E-state index is -3.36. The molecule has 0 N–H and O–H groups in total. The number of aromatic nitrogens is 3. The van der Waals surface area contributed by atoms with Crippen LogP contribution in [0.2, 0.25) is 0 Å². The van der Waals surface area contributed by atoms with Gasteiger partial charge in [0.2, 0.25) is 0 Å². The van der Waals surface area contributed by atoms with Crippen LogP contribution < -0.4 is 4.84 Å². The number of amides is 1. The second kappa shape index (κ2) is 6.76. The van der Waals surface area contributed by atoms with Gasteiger partial charge in [0.15, 0.2) is 16.4 Å². The Morgan fingerprint density at radius 1 is 1.25 bits per heavy atom. The molecule has 0 unspecified atom stereocenters. The highest BCUT2D eigenvalue weighted by molar-refractivity contribution is 7.90. The average molecular weight is 354 g/mol. The van der Waals surface area contributed by atoms with Crippen molar-refractivity contribution in [2.45, 2.75) is 44.7 Å². The van der Waals surface area contributed by atoms with E-state index in [-0.39, 0.29) is 29.5 Å². The van der Waals surface area contributed by atoms with Crippen molar-refractivity contribution in [2.24, 2.45) is 0 Å². The molecule has 0 radical (unpaired) electrons. The van der Waals surface area contributed by atoms with E-state index in [1.807, 2.05) is 27.7 Å². The number of fused-ring (bicyclic) bond motifs is 1. The van der Waals surface area contributed by atoms with Gasteiger partial charge in [-0.15, -0.1) is 5.10 Å². The van der Waals surface area contributed by atoms with Gasteiger partial charge in [-0.3, -0.25) is 4.79 Å². The first-order valence-corrected chi connectivity index (χ1v) is 9.50. The Balaban J connectivity index is 2.23. The third kappa shape index (κ3) is 3.84. The van der Waals surface area contributed by atoms with E-state index in [0.29, 0.717) is 11.0 Å². The molecule has 1 amide bonds. The lowest BCUT2D eigenvalue weighted by atomic mass is 10.2. The van der Waals surface area contributed by atoms with Crippen LogP contribution >= 0.6 is 0 Å². The minimum Gasteiger partial charge on any atom is -0.385 e. The molecule has 1 heterocycles. The van der Waals surface area contributed by atoms with Crippen molar-refractivity contribution in [1.82, 2.24) is 20.1 Å². The Bertz CT molecular complexity index is 834. The highest BCUT2D eigenvalue weighted by atomic mass is 32.2. The Labute approximate surface area is 141 Å². The largest absolute Gasteiger partial charge is 0.385 e. The summed E-state index contributed by atoms with van der Waals surface area (Å²) in [6, 6.07) is 4.53. The minimum absolute atomic E-state index is 0.0467. The Morgan fingerprint density at radius 3 is 2.42 bits per heavy atom. The van der Waals surface area contributed by atoms with Crippen LogP contribution in [-0.2, 0) is 14.6 Å². The fourth-order valence-electron chi connectivity index (χ4n) is 2.57. The monoisotopic (exact) mass is 354 g/mol. The number of hydrogen-bond acceptors (Lipinski definition) is 6. The quantitative estimate of drug-likeness (QED) is 0.765. The molecule has 0 saturated heterocycles. The van der Waals surface area contributed by atoms with Gasteiger partial charge in [0.05, 0.1) is 4.90 Å². The summed E-state index contributed by atoms with van der Waals surface area (Å²) in [5.41, 5.74) is 0.880. The summed E-state index contributed by atoms with van der Waals surface area (Å²) < 4.78 is 23.3. The molecule has 0 aliphatic heterocycles. The number of benzene rings is 1. The van der Waals surface area contributed by atoms with Crippen molar-refractivity contribution in [3.05, 3.63) is 18.2 Å². The van der Waals surface area contributed by atoms with Gasteiger partial charge in [-0.2, -0.15) is 0 Å². The van der Waals surface area contributed by atoms with Crippen LogP contribution in [0.15, 0.2) is 23.1 Å². The molecule has 2 rings (SSSR count). The zero-order chi connectivity index (χ0) is 18.1. The Hall–Kier alpha value is -2.16. The first-order chi connectivity index (χ1) is 11.1. The summed E-state index contributed by atoms with van der Waals surface area (Å²) in [6.45, 7) is 7.52. The van der Waals surface area contributed by atoms with E-state index in [1.54, 1.807) is 11.0 Å². The molecule has 0 fully saturated rings. The molecule has 0 aliphatic rings. The van der Waals surface area contributed by atoms with E-state index in [1.165, 1.54) is 12.1 Å². The van der Waals surface area contributed by atoms with Crippen LogP contribution in [0.4, 0.5) is 0 Å². The molecule has 2 aromatic rings. The summed E-state index contributed by atoms with van der Waals surface area (Å²) in [4.78, 5) is 20.7. The zero-order valence-corrected chi connectivity index (χ0v) is 15.2. The fraction of sp³-hybridized carbons (Fsp3) is 0.533. The third-order valence-electron chi connectivity index (χ3n) is 3.53. The van der Waals surface area contributed by atoms with Crippen LogP contribution in [0.1, 0.15) is 27.7 Å². The van der Waals surface area contributed by atoms with Crippen molar-refractivity contribution in [1.29, 1.82) is 0 Å². The van der Waals surface area contributed by atoms with E-state index in [2.05, 4.69) is 10.3 Å². The highest BCUT2D eigenvalue weighted by Crippen LogP contribution is 2.16.